The number of nitrogens with zero attached hydrogens (tertiary/aromatic N) is 3. The highest BCUT2D eigenvalue weighted by molar-refractivity contribution is 6.32. The molecule has 4 nitrogen and oxygen atoms in total. The Labute approximate surface area is 135 Å². The SMILES string of the molecule is C[C@H]1CN(C(=O)c2cc(Cl)cc3cccnc23)C[C@H]1N(C)C. The number of fused-ring (bicyclic) bond motifs is 1. The number of carbonyl (C=O) groups excluding carboxylic acids is 1. The molecule has 0 saturated carbocycles. The van der Waals surface area contributed by atoms with Gasteiger partial charge in [-0.05, 0) is 38.2 Å². The maximum Gasteiger partial charge on any atom is 0.256 e. The zero-order valence-electron chi connectivity index (χ0n) is 13.1. The van der Waals surface area contributed by atoms with Gasteiger partial charge in [0.1, 0.15) is 0 Å². The van der Waals surface area contributed by atoms with Crippen LogP contribution in [0.2, 0.25) is 5.02 Å². The largest absolute Gasteiger partial charge is 0.337 e. The molecule has 1 saturated heterocycles. The van der Waals surface area contributed by atoms with E-state index in [0.29, 0.717) is 22.5 Å². The number of hydrogen-bond donors (Lipinski definition) is 0. The maximum absolute atomic E-state index is 12.9. The van der Waals surface area contributed by atoms with Crippen molar-refractivity contribution in [2.24, 2.45) is 5.92 Å². The molecule has 2 atom stereocenters. The maximum atomic E-state index is 12.9. The van der Waals surface area contributed by atoms with Crippen molar-refractivity contribution in [3.05, 3.63) is 41.0 Å². The number of aromatic nitrogens is 1. The molecule has 0 aliphatic carbocycles. The van der Waals surface area contributed by atoms with Gasteiger partial charge >= 0.3 is 0 Å². The van der Waals surface area contributed by atoms with Crippen LogP contribution in [0.3, 0.4) is 0 Å². The summed E-state index contributed by atoms with van der Waals surface area (Å²) >= 11 is 6.18. The molecule has 22 heavy (non-hydrogen) atoms. The number of pyridine rings is 1. The third kappa shape index (κ3) is 2.69. The first kappa shape index (κ1) is 15.3. The van der Waals surface area contributed by atoms with Crippen molar-refractivity contribution in [2.75, 3.05) is 27.2 Å². The van der Waals surface area contributed by atoms with Crippen LogP contribution >= 0.6 is 11.6 Å². The van der Waals surface area contributed by atoms with Crippen LogP contribution in [0.5, 0.6) is 0 Å². The first-order valence-corrected chi connectivity index (χ1v) is 7.85. The number of amides is 1. The predicted octanol–water partition coefficient (Wildman–Crippen LogP) is 2.91. The Hall–Kier alpha value is -1.65. The van der Waals surface area contributed by atoms with Gasteiger partial charge in [0, 0.05) is 35.7 Å². The number of rotatable bonds is 2. The van der Waals surface area contributed by atoms with Crippen LogP contribution in [0.15, 0.2) is 30.5 Å². The van der Waals surface area contributed by atoms with Gasteiger partial charge in [0.2, 0.25) is 0 Å². The molecule has 1 amide bonds. The Morgan fingerprint density at radius 2 is 2.14 bits per heavy atom. The number of carbonyl (C=O) groups is 1. The van der Waals surface area contributed by atoms with Crippen LogP contribution in [-0.2, 0) is 0 Å². The summed E-state index contributed by atoms with van der Waals surface area (Å²) in [6, 6.07) is 7.75. The van der Waals surface area contributed by atoms with Crippen LogP contribution in [0.1, 0.15) is 17.3 Å². The Kier molecular flexibility index (Phi) is 4.06. The molecule has 1 aromatic heterocycles. The summed E-state index contributed by atoms with van der Waals surface area (Å²) in [7, 11) is 4.12. The van der Waals surface area contributed by atoms with E-state index in [1.54, 1.807) is 12.3 Å². The minimum atomic E-state index is 0.0161. The average molecular weight is 318 g/mol. The zero-order valence-corrected chi connectivity index (χ0v) is 13.8. The van der Waals surface area contributed by atoms with E-state index in [1.807, 2.05) is 23.1 Å². The molecular weight excluding hydrogens is 298 g/mol. The van der Waals surface area contributed by atoms with E-state index >= 15 is 0 Å². The molecular formula is C17H20ClN3O. The predicted molar refractivity (Wildman–Crippen MR) is 89.3 cm³/mol. The van der Waals surface area contributed by atoms with E-state index in [2.05, 4.69) is 30.9 Å². The van der Waals surface area contributed by atoms with Crippen LogP contribution in [0.4, 0.5) is 0 Å². The van der Waals surface area contributed by atoms with Gasteiger partial charge in [-0.2, -0.15) is 0 Å². The van der Waals surface area contributed by atoms with Gasteiger partial charge in [0.15, 0.2) is 0 Å². The van der Waals surface area contributed by atoms with E-state index in [1.165, 1.54) is 0 Å². The van der Waals surface area contributed by atoms with Gasteiger partial charge in [-0.3, -0.25) is 9.78 Å². The van der Waals surface area contributed by atoms with Crippen molar-refractivity contribution in [2.45, 2.75) is 13.0 Å². The van der Waals surface area contributed by atoms with Crippen LogP contribution < -0.4 is 0 Å². The Bertz CT molecular complexity index is 716. The van der Waals surface area contributed by atoms with Crippen molar-refractivity contribution < 1.29 is 4.79 Å². The van der Waals surface area contributed by atoms with Crippen molar-refractivity contribution in [3.63, 3.8) is 0 Å². The quantitative estimate of drug-likeness (QED) is 0.854. The van der Waals surface area contributed by atoms with E-state index in [0.717, 1.165) is 24.0 Å². The molecule has 3 rings (SSSR count). The highest BCUT2D eigenvalue weighted by atomic mass is 35.5. The minimum Gasteiger partial charge on any atom is -0.337 e. The second kappa shape index (κ2) is 5.86. The van der Waals surface area contributed by atoms with E-state index in [4.69, 9.17) is 11.6 Å². The standard InChI is InChI=1S/C17H20ClN3O/c1-11-9-21(10-15(11)20(2)3)17(22)14-8-13(18)7-12-5-4-6-19-16(12)14/h4-8,11,15H,9-10H2,1-3H3/t11-,15+/m0/s1. The molecule has 0 unspecified atom stereocenters. The number of likely N-dealkylation sites (N-methyl/N-ethyl adjacent to an activating group) is 1. The molecule has 2 heterocycles. The van der Waals surface area contributed by atoms with Crippen LogP contribution in [-0.4, -0.2) is 53.9 Å². The van der Waals surface area contributed by atoms with Gasteiger partial charge in [0.05, 0.1) is 11.1 Å². The summed E-state index contributed by atoms with van der Waals surface area (Å²) in [5, 5.41) is 1.47. The summed E-state index contributed by atoms with van der Waals surface area (Å²) in [4.78, 5) is 21.4. The van der Waals surface area contributed by atoms with E-state index < -0.39 is 0 Å². The van der Waals surface area contributed by atoms with Gasteiger partial charge in [-0.1, -0.05) is 24.6 Å². The normalized spacial score (nSPS) is 21.8. The highest BCUT2D eigenvalue weighted by Crippen LogP contribution is 2.27. The second-order valence-electron chi connectivity index (χ2n) is 6.25. The van der Waals surface area contributed by atoms with Gasteiger partial charge in [-0.15, -0.1) is 0 Å². The molecule has 1 aliphatic rings. The Morgan fingerprint density at radius 1 is 1.36 bits per heavy atom. The second-order valence-corrected chi connectivity index (χ2v) is 6.68. The Balaban J connectivity index is 1.96. The molecule has 1 aliphatic heterocycles. The smallest absolute Gasteiger partial charge is 0.256 e. The average Bonchev–Trinajstić information content (AvgIpc) is 2.87. The van der Waals surface area contributed by atoms with Crippen molar-refractivity contribution in [1.29, 1.82) is 0 Å². The fourth-order valence-corrected chi connectivity index (χ4v) is 3.50. The molecule has 5 heteroatoms. The Morgan fingerprint density at radius 3 is 2.82 bits per heavy atom. The lowest BCUT2D eigenvalue weighted by Gasteiger charge is -2.22. The monoisotopic (exact) mass is 317 g/mol. The van der Waals surface area contributed by atoms with Crippen molar-refractivity contribution in [1.82, 2.24) is 14.8 Å². The lowest BCUT2D eigenvalue weighted by molar-refractivity contribution is 0.0783. The number of hydrogen-bond acceptors (Lipinski definition) is 3. The van der Waals surface area contributed by atoms with Gasteiger partial charge in [-0.25, -0.2) is 0 Å². The zero-order chi connectivity index (χ0) is 15.9. The van der Waals surface area contributed by atoms with E-state index in [-0.39, 0.29) is 5.91 Å². The summed E-state index contributed by atoms with van der Waals surface area (Å²) in [5.74, 6) is 0.472. The van der Waals surface area contributed by atoms with E-state index in [9.17, 15) is 4.79 Å². The third-order valence-corrected chi connectivity index (χ3v) is 4.64. The van der Waals surface area contributed by atoms with Crippen LogP contribution in [0.25, 0.3) is 10.9 Å². The molecule has 0 spiro atoms. The molecule has 116 valence electrons. The lowest BCUT2D eigenvalue weighted by Crippen LogP contribution is -2.35. The summed E-state index contributed by atoms with van der Waals surface area (Å²) in [6.07, 6.45) is 1.71. The molecule has 0 radical (unpaired) electrons. The lowest BCUT2D eigenvalue weighted by atomic mass is 10.1. The summed E-state index contributed by atoms with van der Waals surface area (Å²) in [5.41, 5.74) is 1.31. The summed E-state index contributed by atoms with van der Waals surface area (Å²) in [6.45, 7) is 3.70. The third-order valence-electron chi connectivity index (χ3n) is 4.42. The minimum absolute atomic E-state index is 0.0161. The van der Waals surface area contributed by atoms with Gasteiger partial charge < -0.3 is 9.80 Å². The first-order chi connectivity index (χ1) is 10.5. The van der Waals surface area contributed by atoms with Crippen LogP contribution in [0, 0.1) is 5.92 Å². The highest BCUT2D eigenvalue weighted by Gasteiger charge is 2.34. The fourth-order valence-electron chi connectivity index (χ4n) is 3.28. The molecule has 1 aromatic carbocycles. The molecule has 2 aromatic rings. The number of likely N-dealkylation sites (tertiary alicyclic amines) is 1. The first-order valence-electron chi connectivity index (χ1n) is 7.47. The summed E-state index contributed by atoms with van der Waals surface area (Å²) < 4.78 is 0. The number of benzene rings is 1. The fraction of sp³-hybridized carbons (Fsp3) is 0.412. The number of halogens is 1. The topological polar surface area (TPSA) is 36.4 Å². The molecule has 0 N–H and O–H groups in total. The van der Waals surface area contributed by atoms with Crippen molar-refractivity contribution >= 4 is 28.4 Å². The van der Waals surface area contributed by atoms with Gasteiger partial charge in [0.25, 0.3) is 5.91 Å². The molecule has 0 bridgehead atoms. The molecule has 1 fully saturated rings. The van der Waals surface area contributed by atoms with Crippen molar-refractivity contribution in [3.8, 4) is 0 Å².